The van der Waals surface area contributed by atoms with Crippen molar-refractivity contribution in [2.45, 2.75) is 11.8 Å². The Morgan fingerprint density at radius 1 is 1.10 bits per heavy atom. The Labute approximate surface area is 141 Å². The number of hydrogen-bond donors (Lipinski definition) is 2. The third-order valence-corrected chi connectivity index (χ3v) is 5.35. The van der Waals surface area contributed by atoms with Crippen LogP contribution in [0, 0.1) is 6.92 Å². The van der Waals surface area contributed by atoms with Gasteiger partial charge in [0.25, 0.3) is 10.0 Å². The first-order valence-corrected chi connectivity index (χ1v) is 8.77. The lowest BCUT2D eigenvalue weighted by Crippen LogP contribution is -2.14. The molecule has 0 aliphatic carbocycles. The standard InChI is InChI=1S/C13H11BrCl2N2O2S/c1-7-2-11(14)12(17)6-13(7)21(19,20)18-10-4-8(15)3-9(16)5-10/h2-6,18H,17H2,1H3. The van der Waals surface area contributed by atoms with Gasteiger partial charge in [-0.15, -0.1) is 0 Å². The van der Waals surface area contributed by atoms with E-state index in [1.54, 1.807) is 13.0 Å². The van der Waals surface area contributed by atoms with Crippen LogP contribution >= 0.6 is 39.1 Å². The predicted molar refractivity (Wildman–Crippen MR) is 90.6 cm³/mol. The average Bonchev–Trinajstić information content (AvgIpc) is 2.31. The van der Waals surface area contributed by atoms with Gasteiger partial charge in [0.15, 0.2) is 0 Å². The maximum Gasteiger partial charge on any atom is 0.262 e. The minimum atomic E-state index is -3.78. The van der Waals surface area contributed by atoms with Crippen molar-refractivity contribution < 1.29 is 8.42 Å². The fourth-order valence-corrected chi connectivity index (χ4v) is 4.07. The zero-order chi connectivity index (χ0) is 15.8. The summed E-state index contributed by atoms with van der Waals surface area (Å²) in [6, 6.07) is 7.51. The summed E-state index contributed by atoms with van der Waals surface area (Å²) in [5.41, 5.74) is 6.94. The Balaban J connectivity index is 2.45. The summed E-state index contributed by atoms with van der Waals surface area (Å²) in [5.74, 6) is 0. The second-order valence-corrected chi connectivity index (χ2v) is 7.78. The molecule has 0 radical (unpaired) electrons. The van der Waals surface area contributed by atoms with Crippen LogP contribution in [-0.4, -0.2) is 8.42 Å². The Hall–Kier alpha value is -0.950. The van der Waals surface area contributed by atoms with E-state index in [1.807, 2.05) is 0 Å². The Morgan fingerprint density at radius 3 is 2.24 bits per heavy atom. The molecule has 2 rings (SSSR count). The molecule has 0 aliphatic heterocycles. The third-order valence-electron chi connectivity index (χ3n) is 2.70. The van der Waals surface area contributed by atoms with Gasteiger partial charge in [0, 0.05) is 20.2 Å². The highest BCUT2D eigenvalue weighted by atomic mass is 79.9. The van der Waals surface area contributed by atoms with Crippen molar-refractivity contribution in [1.29, 1.82) is 0 Å². The highest BCUT2D eigenvalue weighted by molar-refractivity contribution is 9.10. The van der Waals surface area contributed by atoms with Gasteiger partial charge >= 0.3 is 0 Å². The van der Waals surface area contributed by atoms with Gasteiger partial charge in [-0.05, 0) is 58.7 Å². The number of sulfonamides is 1. The predicted octanol–water partition coefficient (Wildman–Crippen LogP) is 4.45. The summed E-state index contributed by atoms with van der Waals surface area (Å²) in [4.78, 5) is 0.0966. The van der Waals surface area contributed by atoms with Crippen molar-refractivity contribution in [3.63, 3.8) is 0 Å². The second-order valence-electron chi connectivity index (χ2n) is 4.40. The lowest BCUT2D eigenvalue weighted by atomic mass is 10.2. The number of nitrogen functional groups attached to an aromatic ring is 1. The van der Waals surface area contributed by atoms with Crippen LogP contribution in [0.2, 0.25) is 10.0 Å². The van der Waals surface area contributed by atoms with Crippen LogP contribution in [0.15, 0.2) is 39.7 Å². The molecule has 0 unspecified atom stereocenters. The molecule has 2 aromatic rings. The summed E-state index contributed by atoms with van der Waals surface area (Å²) in [6.45, 7) is 1.68. The number of nitrogens with one attached hydrogen (secondary N) is 1. The Kier molecular flexibility index (Phi) is 4.72. The van der Waals surface area contributed by atoms with Gasteiger partial charge in [0.1, 0.15) is 0 Å². The molecule has 2 aromatic carbocycles. The number of benzene rings is 2. The van der Waals surface area contributed by atoms with E-state index in [4.69, 9.17) is 28.9 Å². The molecule has 0 fully saturated rings. The summed E-state index contributed by atoms with van der Waals surface area (Å²) in [5, 5.41) is 0.680. The number of aryl methyl sites for hydroxylation is 1. The van der Waals surface area contributed by atoms with Crippen LogP contribution in [-0.2, 0) is 10.0 Å². The van der Waals surface area contributed by atoms with Gasteiger partial charge in [0.2, 0.25) is 0 Å². The minimum absolute atomic E-state index is 0.0966. The molecule has 0 saturated heterocycles. The molecule has 21 heavy (non-hydrogen) atoms. The minimum Gasteiger partial charge on any atom is -0.398 e. The number of hydrogen-bond acceptors (Lipinski definition) is 3. The van der Waals surface area contributed by atoms with Crippen molar-refractivity contribution in [2.75, 3.05) is 10.5 Å². The molecular weight excluding hydrogens is 399 g/mol. The molecule has 0 bridgehead atoms. The summed E-state index contributed by atoms with van der Waals surface area (Å²) >= 11 is 15.0. The first kappa shape index (κ1) is 16.4. The summed E-state index contributed by atoms with van der Waals surface area (Å²) in [7, 11) is -3.78. The van der Waals surface area contributed by atoms with Crippen LogP contribution in [0.1, 0.15) is 5.56 Å². The molecule has 0 aliphatic rings. The van der Waals surface area contributed by atoms with E-state index < -0.39 is 10.0 Å². The fourth-order valence-electron chi connectivity index (χ4n) is 1.78. The average molecular weight is 410 g/mol. The molecule has 0 aromatic heterocycles. The van der Waals surface area contributed by atoms with Crippen LogP contribution < -0.4 is 10.5 Å². The van der Waals surface area contributed by atoms with Crippen molar-refractivity contribution in [3.05, 3.63) is 50.4 Å². The van der Waals surface area contributed by atoms with Gasteiger partial charge < -0.3 is 5.73 Å². The van der Waals surface area contributed by atoms with E-state index in [-0.39, 0.29) is 10.6 Å². The van der Waals surface area contributed by atoms with Crippen molar-refractivity contribution in [1.82, 2.24) is 0 Å². The highest BCUT2D eigenvalue weighted by Gasteiger charge is 2.19. The summed E-state index contributed by atoms with van der Waals surface area (Å²) < 4.78 is 28.0. The fraction of sp³-hybridized carbons (Fsp3) is 0.0769. The zero-order valence-corrected chi connectivity index (χ0v) is 14.7. The zero-order valence-electron chi connectivity index (χ0n) is 10.8. The number of anilines is 2. The topological polar surface area (TPSA) is 72.2 Å². The number of rotatable bonds is 3. The van der Waals surface area contributed by atoms with Gasteiger partial charge in [0.05, 0.1) is 10.6 Å². The van der Waals surface area contributed by atoms with Crippen LogP contribution in [0.4, 0.5) is 11.4 Å². The third kappa shape index (κ3) is 3.83. The highest BCUT2D eigenvalue weighted by Crippen LogP contribution is 2.29. The van der Waals surface area contributed by atoms with E-state index >= 15 is 0 Å². The van der Waals surface area contributed by atoms with E-state index in [1.165, 1.54) is 24.3 Å². The van der Waals surface area contributed by atoms with E-state index in [0.717, 1.165) is 0 Å². The molecule has 4 nitrogen and oxygen atoms in total. The molecule has 0 saturated carbocycles. The Bertz CT molecular complexity index is 790. The number of halogens is 3. The largest absolute Gasteiger partial charge is 0.398 e. The van der Waals surface area contributed by atoms with E-state index in [2.05, 4.69) is 20.7 Å². The monoisotopic (exact) mass is 408 g/mol. The first-order chi connectivity index (χ1) is 9.69. The lowest BCUT2D eigenvalue weighted by Gasteiger charge is -2.12. The lowest BCUT2D eigenvalue weighted by molar-refractivity contribution is 0.600. The maximum absolute atomic E-state index is 12.4. The first-order valence-electron chi connectivity index (χ1n) is 5.73. The molecule has 112 valence electrons. The maximum atomic E-state index is 12.4. The van der Waals surface area contributed by atoms with E-state index in [0.29, 0.717) is 25.8 Å². The van der Waals surface area contributed by atoms with Gasteiger partial charge in [-0.2, -0.15) is 0 Å². The van der Waals surface area contributed by atoms with Crippen molar-refractivity contribution >= 4 is 60.5 Å². The smallest absolute Gasteiger partial charge is 0.262 e. The van der Waals surface area contributed by atoms with Gasteiger partial charge in [-0.1, -0.05) is 23.2 Å². The second kappa shape index (κ2) is 6.04. The molecule has 3 N–H and O–H groups in total. The van der Waals surface area contributed by atoms with Gasteiger partial charge in [-0.25, -0.2) is 8.42 Å². The van der Waals surface area contributed by atoms with Crippen LogP contribution in [0.5, 0.6) is 0 Å². The van der Waals surface area contributed by atoms with Crippen LogP contribution in [0.3, 0.4) is 0 Å². The normalized spacial score (nSPS) is 11.4. The SMILES string of the molecule is Cc1cc(Br)c(N)cc1S(=O)(=O)Nc1cc(Cl)cc(Cl)c1. The number of nitrogens with two attached hydrogens (primary N) is 1. The van der Waals surface area contributed by atoms with Crippen molar-refractivity contribution in [3.8, 4) is 0 Å². The van der Waals surface area contributed by atoms with Crippen LogP contribution in [0.25, 0.3) is 0 Å². The summed E-state index contributed by atoms with van der Waals surface area (Å²) in [6.07, 6.45) is 0. The van der Waals surface area contributed by atoms with Crippen molar-refractivity contribution in [2.24, 2.45) is 0 Å². The molecular formula is C13H11BrCl2N2O2S. The molecule has 0 amide bonds. The molecule has 8 heteroatoms. The molecule has 0 spiro atoms. The molecule has 0 heterocycles. The van der Waals surface area contributed by atoms with E-state index in [9.17, 15) is 8.42 Å². The van der Waals surface area contributed by atoms with Gasteiger partial charge in [-0.3, -0.25) is 4.72 Å². The molecule has 0 atom stereocenters. The Morgan fingerprint density at radius 2 is 1.67 bits per heavy atom. The quantitative estimate of drug-likeness (QED) is 0.735.